The minimum atomic E-state index is -0.493. The number of nitrogens with one attached hydrogen (secondary N) is 1. The third kappa shape index (κ3) is 4.14. The number of hydrogen-bond acceptors (Lipinski definition) is 7. The molecule has 0 spiro atoms. The predicted octanol–water partition coefficient (Wildman–Crippen LogP) is 1.93. The Kier molecular flexibility index (Phi) is 5.25. The van der Waals surface area contributed by atoms with Crippen molar-refractivity contribution in [3.63, 3.8) is 0 Å². The molecule has 3 rings (SSSR count). The van der Waals surface area contributed by atoms with Gasteiger partial charge in [-0.25, -0.2) is 4.79 Å². The van der Waals surface area contributed by atoms with Gasteiger partial charge in [0, 0.05) is 18.5 Å². The number of rotatable bonds is 5. The van der Waals surface area contributed by atoms with Gasteiger partial charge < -0.3 is 23.8 Å². The molecule has 0 unspecified atom stereocenters. The van der Waals surface area contributed by atoms with E-state index in [1.807, 2.05) is 52.0 Å². The lowest BCUT2D eigenvalue weighted by molar-refractivity contribution is 0.00578. The first-order valence-corrected chi connectivity index (χ1v) is 8.82. The molecule has 1 aliphatic heterocycles. The summed E-state index contributed by atoms with van der Waals surface area (Å²) in [6, 6.07) is 7.65. The summed E-state index contributed by atoms with van der Waals surface area (Å²) in [6.07, 6.45) is -0.0679. The SMILES string of the molecule is COC(=O)NCCc1nnc(-c2ccc(B3OC(C)(C)C(C)(C)O3)cc2)o1. The Labute approximate surface area is 158 Å². The van der Waals surface area contributed by atoms with Crippen molar-refractivity contribution >= 4 is 18.7 Å². The molecule has 1 saturated heterocycles. The summed E-state index contributed by atoms with van der Waals surface area (Å²) in [7, 11) is 0.902. The Morgan fingerprint density at radius 1 is 1.11 bits per heavy atom. The van der Waals surface area contributed by atoms with E-state index in [1.54, 1.807) is 0 Å². The average molecular weight is 373 g/mol. The molecule has 0 aliphatic carbocycles. The topological polar surface area (TPSA) is 95.7 Å². The van der Waals surface area contributed by atoms with E-state index in [-0.39, 0.29) is 11.2 Å². The molecule has 8 nitrogen and oxygen atoms in total. The number of alkyl carbamates (subject to hydrolysis) is 1. The van der Waals surface area contributed by atoms with Gasteiger partial charge in [-0.05, 0) is 45.3 Å². The summed E-state index contributed by atoms with van der Waals surface area (Å²) in [4.78, 5) is 11.0. The van der Waals surface area contributed by atoms with Crippen molar-refractivity contribution in [2.45, 2.75) is 45.3 Å². The summed E-state index contributed by atoms with van der Waals surface area (Å²) in [5.41, 5.74) is 0.973. The zero-order valence-electron chi connectivity index (χ0n) is 16.2. The fraction of sp³-hybridized carbons (Fsp3) is 0.500. The number of hydrogen-bond donors (Lipinski definition) is 1. The smallest absolute Gasteiger partial charge is 0.453 e. The van der Waals surface area contributed by atoms with Crippen LogP contribution in [0.1, 0.15) is 33.6 Å². The molecule has 1 N–H and O–H groups in total. The molecule has 27 heavy (non-hydrogen) atoms. The van der Waals surface area contributed by atoms with Gasteiger partial charge in [0.25, 0.3) is 0 Å². The lowest BCUT2D eigenvalue weighted by atomic mass is 9.79. The molecule has 1 amide bonds. The molecule has 1 aromatic heterocycles. The Morgan fingerprint density at radius 2 is 1.74 bits per heavy atom. The summed E-state index contributed by atoms with van der Waals surface area (Å²) < 4.78 is 22.3. The lowest BCUT2D eigenvalue weighted by Crippen LogP contribution is -2.41. The second-order valence-electron chi connectivity index (χ2n) is 7.38. The number of ether oxygens (including phenoxy) is 1. The highest BCUT2D eigenvalue weighted by molar-refractivity contribution is 6.62. The summed E-state index contributed by atoms with van der Waals surface area (Å²) in [5.74, 6) is 0.861. The van der Waals surface area contributed by atoms with Gasteiger partial charge in [-0.2, -0.15) is 0 Å². The van der Waals surface area contributed by atoms with Gasteiger partial charge >= 0.3 is 13.2 Å². The Balaban J connectivity index is 1.64. The van der Waals surface area contributed by atoms with Crippen LogP contribution in [-0.2, 0) is 20.5 Å². The highest BCUT2D eigenvalue weighted by atomic mass is 16.7. The van der Waals surface area contributed by atoms with Crippen LogP contribution in [-0.4, -0.2) is 48.3 Å². The summed E-state index contributed by atoms with van der Waals surface area (Å²) in [5, 5.41) is 10.6. The Bertz CT molecular complexity index is 788. The zero-order chi connectivity index (χ0) is 19.7. The zero-order valence-corrected chi connectivity index (χ0v) is 16.2. The van der Waals surface area contributed by atoms with Crippen molar-refractivity contribution in [3.05, 3.63) is 30.2 Å². The molecule has 0 saturated carbocycles. The van der Waals surface area contributed by atoms with Gasteiger partial charge in [-0.15, -0.1) is 10.2 Å². The van der Waals surface area contributed by atoms with Gasteiger partial charge in [-0.1, -0.05) is 12.1 Å². The fourth-order valence-corrected chi connectivity index (χ4v) is 2.58. The first-order valence-electron chi connectivity index (χ1n) is 8.82. The lowest BCUT2D eigenvalue weighted by Gasteiger charge is -2.32. The molecule has 2 heterocycles. The standard InChI is InChI=1S/C18H24BN3O5/c1-17(2)18(3,4)27-19(26-17)13-8-6-12(7-9-13)15-22-21-14(25-15)10-11-20-16(23)24-5/h6-9H,10-11H2,1-5H3,(H,20,23). The second-order valence-corrected chi connectivity index (χ2v) is 7.38. The number of aromatic nitrogens is 2. The van der Waals surface area contributed by atoms with E-state index in [2.05, 4.69) is 20.3 Å². The van der Waals surface area contributed by atoms with Crippen LogP contribution >= 0.6 is 0 Å². The van der Waals surface area contributed by atoms with Gasteiger partial charge in [0.05, 0.1) is 18.3 Å². The normalized spacial score (nSPS) is 17.7. The fourth-order valence-electron chi connectivity index (χ4n) is 2.58. The molecular weight excluding hydrogens is 349 g/mol. The maximum absolute atomic E-state index is 11.0. The number of methoxy groups -OCH3 is 1. The second kappa shape index (κ2) is 7.32. The monoisotopic (exact) mass is 373 g/mol. The van der Waals surface area contributed by atoms with Crippen LogP contribution in [0, 0.1) is 0 Å². The molecule has 144 valence electrons. The van der Waals surface area contributed by atoms with E-state index in [0.29, 0.717) is 24.7 Å². The van der Waals surface area contributed by atoms with Crippen LogP contribution in [0.25, 0.3) is 11.5 Å². The van der Waals surface area contributed by atoms with E-state index in [0.717, 1.165) is 11.0 Å². The van der Waals surface area contributed by atoms with Crippen LogP contribution in [0.5, 0.6) is 0 Å². The summed E-state index contributed by atoms with van der Waals surface area (Å²) in [6.45, 7) is 8.45. The van der Waals surface area contributed by atoms with Crippen molar-refractivity contribution in [3.8, 4) is 11.5 Å². The van der Waals surface area contributed by atoms with Gasteiger partial charge in [0.15, 0.2) is 0 Å². The molecule has 1 aliphatic rings. The number of benzene rings is 1. The first kappa shape index (κ1) is 19.4. The van der Waals surface area contributed by atoms with E-state index < -0.39 is 13.2 Å². The quantitative estimate of drug-likeness (QED) is 0.800. The highest BCUT2D eigenvalue weighted by Gasteiger charge is 2.51. The molecule has 1 aromatic carbocycles. The van der Waals surface area contributed by atoms with Crippen LogP contribution in [0.4, 0.5) is 4.79 Å². The van der Waals surface area contributed by atoms with Crippen LogP contribution in [0.15, 0.2) is 28.7 Å². The van der Waals surface area contributed by atoms with Gasteiger partial charge in [0.1, 0.15) is 0 Å². The number of nitrogens with zero attached hydrogens (tertiary/aromatic N) is 2. The van der Waals surface area contributed by atoms with Crippen molar-refractivity contribution < 1.29 is 23.3 Å². The third-order valence-electron chi connectivity index (χ3n) is 4.94. The molecule has 0 bridgehead atoms. The van der Waals surface area contributed by atoms with E-state index in [4.69, 9.17) is 13.7 Å². The molecule has 0 radical (unpaired) electrons. The maximum Gasteiger partial charge on any atom is 0.494 e. The van der Waals surface area contributed by atoms with Crippen molar-refractivity contribution in [1.29, 1.82) is 0 Å². The molecular formula is C18H24BN3O5. The van der Waals surface area contributed by atoms with E-state index in [1.165, 1.54) is 7.11 Å². The highest BCUT2D eigenvalue weighted by Crippen LogP contribution is 2.36. The predicted molar refractivity (Wildman–Crippen MR) is 99.6 cm³/mol. The maximum atomic E-state index is 11.0. The van der Waals surface area contributed by atoms with Crippen molar-refractivity contribution in [2.75, 3.05) is 13.7 Å². The first-order chi connectivity index (χ1) is 12.7. The van der Waals surface area contributed by atoms with Gasteiger partial charge in [-0.3, -0.25) is 0 Å². The minimum absolute atomic E-state index is 0.356. The number of carbonyl (C=O) groups excluding carboxylic acids is 1. The molecule has 9 heteroatoms. The van der Waals surface area contributed by atoms with Crippen molar-refractivity contribution in [2.24, 2.45) is 0 Å². The molecule has 2 aromatic rings. The largest absolute Gasteiger partial charge is 0.494 e. The van der Waals surface area contributed by atoms with E-state index in [9.17, 15) is 4.79 Å². The number of amides is 1. The Hall–Kier alpha value is -2.39. The molecule has 1 fully saturated rings. The number of carbonyl (C=O) groups is 1. The summed E-state index contributed by atoms with van der Waals surface area (Å²) >= 11 is 0. The Morgan fingerprint density at radius 3 is 2.33 bits per heavy atom. The molecule has 0 atom stereocenters. The van der Waals surface area contributed by atoms with Gasteiger partial charge in [0.2, 0.25) is 11.8 Å². The average Bonchev–Trinajstić information content (AvgIpc) is 3.17. The van der Waals surface area contributed by atoms with Crippen LogP contribution in [0.2, 0.25) is 0 Å². The third-order valence-corrected chi connectivity index (χ3v) is 4.94. The van der Waals surface area contributed by atoms with E-state index >= 15 is 0 Å². The van der Waals surface area contributed by atoms with Crippen LogP contribution < -0.4 is 10.8 Å². The van der Waals surface area contributed by atoms with Crippen LogP contribution in [0.3, 0.4) is 0 Å². The van der Waals surface area contributed by atoms with Crippen molar-refractivity contribution in [1.82, 2.24) is 15.5 Å². The minimum Gasteiger partial charge on any atom is -0.453 e.